The number of esters is 1. The molecule has 0 aromatic heterocycles. The lowest BCUT2D eigenvalue weighted by atomic mass is 10.0. The van der Waals surface area contributed by atoms with Gasteiger partial charge in [0.05, 0.1) is 25.4 Å². The van der Waals surface area contributed by atoms with Crippen LogP contribution in [-0.2, 0) is 14.3 Å². The second-order valence-corrected chi connectivity index (χ2v) is 28.1. The number of unbranched alkanes of at least 4 members (excludes halogenated alkanes) is 66. The molecule has 0 aliphatic rings. The van der Waals surface area contributed by atoms with Crippen LogP contribution in [0.3, 0.4) is 0 Å². The summed E-state index contributed by atoms with van der Waals surface area (Å²) in [5.74, 6) is -0.0328. The first-order chi connectivity index (χ1) is 43.0. The van der Waals surface area contributed by atoms with Crippen molar-refractivity contribution in [2.24, 2.45) is 0 Å². The van der Waals surface area contributed by atoms with E-state index in [-0.39, 0.29) is 18.5 Å². The SMILES string of the molecule is CCCCCCCCCCCCCCCCCCCCCCC/C=C/C(O)C(CO)NC(=O)CCCCCCCCCCCCCCCCCCCCCCCCCCCCCCCCCOC(=O)CCCCCCCCCCCCCCCCCC. The number of aliphatic hydroxyl groups excluding tert-OH is 2. The molecule has 87 heavy (non-hydrogen) atoms. The summed E-state index contributed by atoms with van der Waals surface area (Å²) >= 11 is 0. The number of carbonyl (C=O) groups is 2. The van der Waals surface area contributed by atoms with Gasteiger partial charge in [-0.2, -0.15) is 0 Å². The van der Waals surface area contributed by atoms with Crippen molar-refractivity contribution in [3.63, 3.8) is 0 Å². The number of hydrogen-bond donors (Lipinski definition) is 3. The summed E-state index contributed by atoms with van der Waals surface area (Å²) in [5, 5.41) is 23.3. The fraction of sp³-hybridized carbons (Fsp3) is 0.951. The molecule has 0 radical (unpaired) electrons. The van der Waals surface area contributed by atoms with E-state index in [0.29, 0.717) is 19.4 Å². The van der Waals surface area contributed by atoms with Crippen LogP contribution in [0.1, 0.15) is 470 Å². The van der Waals surface area contributed by atoms with Crippen molar-refractivity contribution in [3.8, 4) is 0 Å². The highest BCUT2D eigenvalue weighted by molar-refractivity contribution is 5.76. The molecule has 0 spiro atoms. The highest BCUT2D eigenvalue weighted by atomic mass is 16.5. The Bertz CT molecular complexity index is 1320. The molecule has 0 bridgehead atoms. The number of carbonyl (C=O) groups excluding carboxylic acids is 2. The number of rotatable bonds is 77. The van der Waals surface area contributed by atoms with Crippen molar-refractivity contribution in [3.05, 3.63) is 12.2 Å². The average Bonchev–Trinajstić information content (AvgIpc) is 3.53. The normalized spacial score (nSPS) is 12.5. The quantitative estimate of drug-likeness (QED) is 0.0320. The molecule has 518 valence electrons. The van der Waals surface area contributed by atoms with Gasteiger partial charge in [-0.15, -0.1) is 0 Å². The Morgan fingerprint density at radius 1 is 0.310 bits per heavy atom. The maximum Gasteiger partial charge on any atom is 0.305 e. The maximum atomic E-state index is 12.6. The number of amides is 1. The van der Waals surface area contributed by atoms with Gasteiger partial charge < -0.3 is 20.3 Å². The summed E-state index contributed by atoms with van der Waals surface area (Å²) in [7, 11) is 0. The van der Waals surface area contributed by atoms with E-state index in [1.165, 1.54) is 405 Å². The molecule has 0 aliphatic heterocycles. The third-order valence-corrected chi connectivity index (χ3v) is 19.3. The monoisotopic (exact) mass is 1230 g/mol. The zero-order valence-electron chi connectivity index (χ0n) is 59.5. The molecule has 0 aliphatic carbocycles. The Labute approximate surface area is 546 Å². The van der Waals surface area contributed by atoms with Crippen molar-refractivity contribution in [1.29, 1.82) is 0 Å². The number of aliphatic hydroxyl groups is 2. The van der Waals surface area contributed by atoms with Gasteiger partial charge in [-0.1, -0.05) is 437 Å². The fourth-order valence-electron chi connectivity index (χ4n) is 13.2. The van der Waals surface area contributed by atoms with Gasteiger partial charge in [0.15, 0.2) is 0 Å². The Hall–Kier alpha value is -1.40. The van der Waals surface area contributed by atoms with Crippen LogP contribution >= 0.6 is 0 Å². The molecular formula is C81H159NO5. The van der Waals surface area contributed by atoms with Crippen molar-refractivity contribution < 1.29 is 24.5 Å². The first-order valence-electron chi connectivity index (χ1n) is 40.5. The molecular weight excluding hydrogens is 1070 g/mol. The zero-order chi connectivity index (χ0) is 62.8. The van der Waals surface area contributed by atoms with Crippen LogP contribution in [0.25, 0.3) is 0 Å². The second kappa shape index (κ2) is 77.1. The summed E-state index contributed by atoms with van der Waals surface area (Å²) in [6, 6.07) is -0.625. The van der Waals surface area contributed by atoms with Crippen LogP contribution < -0.4 is 5.32 Å². The van der Waals surface area contributed by atoms with Gasteiger partial charge in [0.1, 0.15) is 0 Å². The molecule has 6 heteroatoms. The van der Waals surface area contributed by atoms with Gasteiger partial charge in [0.2, 0.25) is 5.91 Å². The molecule has 2 unspecified atom stereocenters. The third-order valence-electron chi connectivity index (χ3n) is 19.3. The van der Waals surface area contributed by atoms with Crippen LogP contribution in [0.15, 0.2) is 12.2 Å². The topological polar surface area (TPSA) is 95.9 Å². The van der Waals surface area contributed by atoms with Gasteiger partial charge in [-0.25, -0.2) is 0 Å². The van der Waals surface area contributed by atoms with E-state index in [2.05, 4.69) is 19.2 Å². The number of nitrogens with one attached hydrogen (secondary N) is 1. The van der Waals surface area contributed by atoms with Gasteiger partial charge >= 0.3 is 5.97 Å². The van der Waals surface area contributed by atoms with E-state index in [9.17, 15) is 19.8 Å². The maximum absolute atomic E-state index is 12.6. The van der Waals surface area contributed by atoms with Crippen LogP contribution in [0.2, 0.25) is 0 Å². The molecule has 6 nitrogen and oxygen atoms in total. The predicted molar refractivity (Wildman–Crippen MR) is 384 cm³/mol. The van der Waals surface area contributed by atoms with Crippen LogP contribution in [-0.4, -0.2) is 47.4 Å². The Morgan fingerprint density at radius 3 is 0.782 bits per heavy atom. The third kappa shape index (κ3) is 73.5. The largest absolute Gasteiger partial charge is 0.466 e. The number of allylic oxidation sites excluding steroid dienone is 1. The van der Waals surface area contributed by atoms with Crippen LogP contribution in [0.5, 0.6) is 0 Å². The minimum atomic E-state index is -0.842. The van der Waals surface area contributed by atoms with E-state index < -0.39 is 12.1 Å². The molecule has 0 fully saturated rings. The van der Waals surface area contributed by atoms with Gasteiger partial charge in [0, 0.05) is 12.8 Å². The molecule has 0 saturated heterocycles. The average molecular weight is 1230 g/mol. The minimum Gasteiger partial charge on any atom is -0.466 e. The Morgan fingerprint density at radius 2 is 0.529 bits per heavy atom. The predicted octanol–water partition coefficient (Wildman–Crippen LogP) is 26.7. The molecule has 2 atom stereocenters. The Balaban J connectivity index is 3.34. The molecule has 1 amide bonds. The van der Waals surface area contributed by atoms with Crippen molar-refractivity contribution in [1.82, 2.24) is 5.32 Å². The van der Waals surface area contributed by atoms with Crippen molar-refractivity contribution in [2.75, 3.05) is 13.2 Å². The van der Waals surface area contributed by atoms with Crippen molar-refractivity contribution in [2.45, 2.75) is 482 Å². The van der Waals surface area contributed by atoms with E-state index in [4.69, 9.17) is 4.74 Å². The summed E-state index contributed by atoms with van der Waals surface area (Å²) < 4.78 is 5.51. The molecule has 0 rings (SSSR count). The molecule has 0 saturated carbocycles. The number of hydrogen-bond acceptors (Lipinski definition) is 5. The first-order valence-corrected chi connectivity index (χ1v) is 40.5. The van der Waals surface area contributed by atoms with Gasteiger partial charge in [-0.3, -0.25) is 9.59 Å². The highest BCUT2D eigenvalue weighted by Gasteiger charge is 2.18. The summed E-state index contributed by atoms with van der Waals surface area (Å²) in [6.07, 6.45) is 97.7. The smallest absolute Gasteiger partial charge is 0.305 e. The number of ether oxygens (including phenoxy) is 1. The van der Waals surface area contributed by atoms with E-state index in [1.54, 1.807) is 6.08 Å². The lowest BCUT2D eigenvalue weighted by molar-refractivity contribution is -0.143. The lowest BCUT2D eigenvalue weighted by Gasteiger charge is -2.20. The molecule has 0 aromatic carbocycles. The zero-order valence-corrected chi connectivity index (χ0v) is 59.5. The molecule has 0 heterocycles. The van der Waals surface area contributed by atoms with E-state index >= 15 is 0 Å². The minimum absolute atomic E-state index is 0.0252. The fourth-order valence-corrected chi connectivity index (χ4v) is 13.2. The van der Waals surface area contributed by atoms with E-state index in [1.807, 2.05) is 6.08 Å². The van der Waals surface area contributed by atoms with Crippen LogP contribution in [0.4, 0.5) is 0 Å². The Kier molecular flexibility index (Phi) is 75.8. The van der Waals surface area contributed by atoms with E-state index in [0.717, 1.165) is 38.5 Å². The van der Waals surface area contributed by atoms with Gasteiger partial charge in [-0.05, 0) is 32.1 Å². The van der Waals surface area contributed by atoms with Gasteiger partial charge in [0.25, 0.3) is 0 Å². The van der Waals surface area contributed by atoms with Crippen LogP contribution in [0, 0.1) is 0 Å². The molecule has 3 N–H and O–H groups in total. The summed E-state index contributed by atoms with van der Waals surface area (Å²) in [4.78, 5) is 24.7. The second-order valence-electron chi connectivity index (χ2n) is 28.1. The standard InChI is InChI=1S/C81H159NO5/c1-3-5-7-9-11-13-15-17-19-21-22-23-33-36-39-42-45-49-53-57-61-65-69-73-79(84)78(77-83)82-80(85)74-70-66-62-58-54-50-46-43-40-37-34-31-29-27-25-24-26-28-30-32-35-38-41-44-48-52-56-60-64-68-72-76-87-81(86)75-71-67-63-59-55-51-47-20-18-16-14-12-10-8-6-4-2/h69,73,78-79,83-84H,3-68,70-72,74-77H2,1-2H3,(H,82,85)/b73-69+. The highest BCUT2D eigenvalue weighted by Crippen LogP contribution is 2.20. The first kappa shape index (κ1) is 85.6. The molecule has 0 aromatic rings. The summed E-state index contributed by atoms with van der Waals surface area (Å²) in [6.45, 7) is 4.97. The lowest BCUT2D eigenvalue weighted by Crippen LogP contribution is -2.45. The van der Waals surface area contributed by atoms with Crippen molar-refractivity contribution >= 4 is 11.9 Å². The summed E-state index contributed by atoms with van der Waals surface area (Å²) in [5.41, 5.74) is 0.